The van der Waals surface area contributed by atoms with E-state index >= 15 is 0 Å². The minimum absolute atomic E-state index is 0.177. The summed E-state index contributed by atoms with van der Waals surface area (Å²) < 4.78 is 0. The van der Waals surface area contributed by atoms with E-state index in [1.165, 1.54) is 18.5 Å². The normalized spacial score (nSPS) is 15.0. The highest BCUT2D eigenvalue weighted by molar-refractivity contribution is 6.24. The van der Waals surface area contributed by atoms with Crippen molar-refractivity contribution < 1.29 is 9.90 Å². The molecule has 1 aromatic heterocycles. The van der Waals surface area contributed by atoms with E-state index in [1.807, 2.05) is 0 Å². The molecule has 5 heteroatoms. The summed E-state index contributed by atoms with van der Waals surface area (Å²) in [6.07, 6.45) is 2.92. The second-order valence-corrected chi connectivity index (χ2v) is 4.31. The second kappa shape index (κ2) is 4.16. The van der Waals surface area contributed by atoms with Crippen LogP contribution in [0.15, 0.2) is 18.5 Å². The number of carboxylic acid groups (broad SMARTS) is 1. The Balaban J connectivity index is 3.31. The van der Waals surface area contributed by atoms with Gasteiger partial charge in [0.25, 0.3) is 0 Å². The van der Waals surface area contributed by atoms with E-state index in [2.05, 4.69) is 4.98 Å². The molecule has 0 bridgehead atoms. The molecule has 0 aliphatic rings. The van der Waals surface area contributed by atoms with Crippen molar-refractivity contribution in [2.75, 3.05) is 14.1 Å². The fraction of sp³-hybridized carbons (Fsp3) is 0.400. The van der Waals surface area contributed by atoms with Gasteiger partial charge in [-0.2, -0.15) is 0 Å². The molecule has 1 atom stereocenters. The third-order valence-corrected chi connectivity index (χ3v) is 2.92. The molecule has 0 aliphatic heterocycles. The molecule has 0 radical (unpaired) electrons. The van der Waals surface area contributed by atoms with Gasteiger partial charge in [0.1, 0.15) is 5.00 Å². The predicted molar refractivity (Wildman–Crippen MR) is 58.1 cm³/mol. The van der Waals surface area contributed by atoms with E-state index in [0.29, 0.717) is 5.56 Å². The van der Waals surface area contributed by atoms with E-state index in [0.717, 1.165) is 0 Å². The van der Waals surface area contributed by atoms with Crippen molar-refractivity contribution in [3.63, 3.8) is 0 Å². The molecule has 0 saturated carbocycles. The van der Waals surface area contributed by atoms with Gasteiger partial charge < -0.3 is 5.11 Å². The number of halogens is 1. The molecule has 1 unspecified atom stereocenters. The number of hydrogen-bond donors (Lipinski definition) is 1. The van der Waals surface area contributed by atoms with E-state index in [9.17, 15) is 4.79 Å². The molecule has 1 aromatic rings. The second-order valence-electron chi connectivity index (χ2n) is 3.57. The lowest BCUT2D eigenvalue weighted by Gasteiger charge is -2.30. The topological polar surface area (TPSA) is 53.4 Å². The lowest BCUT2D eigenvalue weighted by molar-refractivity contribution is 0.0692. The Morgan fingerprint density at radius 3 is 2.67 bits per heavy atom. The maximum atomic E-state index is 11.0. The number of aromatic carboxylic acids is 1. The van der Waals surface area contributed by atoms with E-state index in [-0.39, 0.29) is 5.56 Å². The minimum Gasteiger partial charge on any atom is -0.478 e. The number of carbonyl (C=O) groups is 1. The molecule has 0 aromatic carbocycles. The van der Waals surface area contributed by atoms with Crippen molar-refractivity contribution >= 4 is 17.6 Å². The zero-order valence-electron chi connectivity index (χ0n) is 8.86. The maximum absolute atomic E-state index is 11.0. The maximum Gasteiger partial charge on any atom is 0.336 e. The van der Waals surface area contributed by atoms with Gasteiger partial charge in [-0.15, -0.1) is 0 Å². The largest absolute Gasteiger partial charge is 0.478 e. The van der Waals surface area contributed by atoms with Crippen molar-refractivity contribution in [1.29, 1.82) is 0 Å². The van der Waals surface area contributed by atoms with E-state index in [4.69, 9.17) is 16.7 Å². The Morgan fingerprint density at radius 1 is 1.60 bits per heavy atom. The van der Waals surface area contributed by atoms with Crippen LogP contribution in [0.4, 0.5) is 0 Å². The highest BCUT2D eigenvalue weighted by Crippen LogP contribution is 2.32. The van der Waals surface area contributed by atoms with Crippen LogP contribution in [0.3, 0.4) is 0 Å². The number of rotatable bonds is 3. The van der Waals surface area contributed by atoms with Crippen LogP contribution in [-0.4, -0.2) is 35.1 Å². The van der Waals surface area contributed by atoms with Gasteiger partial charge in [0.15, 0.2) is 0 Å². The summed E-state index contributed by atoms with van der Waals surface area (Å²) in [5.74, 6) is -0.999. The average molecular weight is 229 g/mol. The predicted octanol–water partition coefficient (Wildman–Crippen LogP) is 1.75. The van der Waals surface area contributed by atoms with Crippen LogP contribution in [0.1, 0.15) is 22.8 Å². The summed E-state index contributed by atoms with van der Waals surface area (Å²) in [4.78, 5) is 15.7. The molecule has 4 nitrogen and oxygen atoms in total. The zero-order chi connectivity index (χ0) is 11.6. The van der Waals surface area contributed by atoms with Gasteiger partial charge in [-0.1, -0.05) is 11.6 Å². The zero-order valence-corrected chi connectivity index (χ0v) is 9.62. The molecular formula is C10H13ClN2O2. The SMILES string of the molecule is CN(C)C(C)(Cl)c1cnccc1C(=O)O. The minimum atomic E-state index is -0.999. The van der Waals surface area contributed by atoms with Gasteiger partial charge in [-0.05, 0) is 27.1 Å². The summed E-state index contributed by atoms with van der Waals surface area (Å²) in [7, 11) is 3.57. The number of nitrogens with zero attached hydrogens (tertiary/aromatic N) is 2. The molecule has 1 rings (SSSR count). The Morgan fingerprint density at radius 2 is 2.20 bits per heavy atom. The molecule has 82 valence electrons. The molecule has 1 N–H and O–H groups in total. The first-order valence-corrected chi connectivity index (χ1v) is 4.79. The summed E-state index contributed by atoms with van der Waals surface area (Å²) >= 11 is 6.27. The third kappa shape index (κ3) is 2.27. The Hall–Kier alpha value is -1.13. The van der Waals surface area contributed by atoms with E-state index < -0.39 is 11.0 Å². The van der Waals surface area contributed by atoms with Crippen LogP contribution in [0.2, 0.25) is 0 Å². The van der Waals surface area contributed by atoms with Gasteiger partial charge in [-0.3, -0.25) is 9.88 Å². The van der Waals surface area contributed by atoms with Gasteiger partial charge in [0.2, 0.25) is 0 Å². The van der Waals surface area contributed by atoms with E-state index in [1.54, 1.807) is 25.9 Å². The lowest BCUT2D eigenvalue weighted by atomic mass is 10.0. The highest BCUT2D eigenvalue weighted by atomic mass is 35.5. The fourth-order valence-corrected chi connectivity index (χ4v) is 1.34. The number of aromatic nitrogens is 1. The third-order valence-electron chi connectivity index (χ3n) is 2.38. The number of carboxylic acids is 1. The summed E-state index contributed by atoms with van der Waals surface area (Å²) in [5, 5.41) is 9.01. The Kier molecular flexibility index (Phi) is 3.31. The van der Waals surface area contributed by atoms with Crippen LogP contribution in [0.25, 0.3) is 0 Å². The first-order valence-electron chi connectivity index (χ1n) is 4.41. The van der Waals surface area contributed by atoms with Crippen molar-refractivity contribution in [3.05, 3.63) is 29.6 Å². The van der Waals surface area contributed by atoms with Crippen LogP contribution in [0.5, 0.6) is 0 Å². The van der Waals surface area contributed by atoms with Crippen molar-refractivity contribution in [3.8, 4) is 0 Å². The first-order chi connectivity index (χ1) is 6.87. The van der Waals surface area contributed by atoms with Crippen LogP contribution in [-0.2, 0) is 5.00 Å². The van der Waals surface area contributed by atoms with Crippen LogP contribution in [0, 0.1) is 0 Å². The summed E-state index contributed by atoms with van der Waals surface area (Å²) in [5.41, 5.74) is 0.667. The first kappa shape index (κ1) is 11.9. The van der Waals surface area contributed by atoms with Gasteiger partial charge in [-0.25, -0.2) is 4.79 Å². The van der Waals surface area contributed by atoms with Crippen LogP contribution >= 0.6 is 11.6 Å². The standard InChI is InChI=1S/C10H13ClN2O2/c1-10(11,13(2)3)8-6-12-5-4-7(8)9(14)15/h4-6H,1-3H3,(H,14,15). The van der Waals surface area contributed by atoms with Crippen molar-refractivity contribution in [2.45, 2.75) is 11.9 Å². The fourth-order valence-electron chi connectivity index (χ4n) is 1.19. The Bertz CT molecular complexity index is 377. The molecule has 0 spiro atoms. The molecule has 0 fully saturated rings. The number of hydrogen-bond acceptors (Lipinski definition) is 3. The monoisotopic (exact) mass is 228 g/mol. The molecule has 1 heterocycles. The van der Waals surface area contributed by atoms with Gasteiger partial charge in [0.05, 0.1) is 5.56 Å². The quantitative estimate of drug-likeness (QED) is 0.633. The van der Waals surface area contributed by atoms with Crippen molar-refractivity contribution in [1.82, 2.24) is 9.88 Å². The Labute approximate surface area is 93.5 Å². The molecule has 15 heavy (non-hydrogen) atoms. The van der Waals surface area contributed by atoms with Crippen LogP contribution < -0.4 is 0 Å². The summed E-state index contributed by atoms with van der Waals surface area (Å²) in [6, 6.07) is 1.45. The van der Waals surface area contributed by atoms with Crippen molar-refractivity contribution in [2.24, 2.45) is 0 Å². The molecule has 0 amide bonds. The number of alkyl halides is 1. The lowest BCUT2D eigenvalue weighted by Crippen LogP contribution is -2.34. The molecule has 0 saturated heterocycles. The number of pyridine rings is 1. The molecular weight excluding hydrogens is 216 g/mol. The van der Waals surface area contributed by atoms with Gasteiger partial charge >= 0.3 is 5.97 Å². The average Bonchev–Trinajstić information content (AvgIpc) is 2.17. The smallest absolute Gasteiger partial charge is 0.336 e. The summed E-state index contributed by atoms with van der Waals surface area (Å²) in [6.45, 7) is 1.73. The van der Waals surface area contributed by atoms with Gasteiger partial charge in [0, 0.05) is 18.0 Å². The molecule has 0 aliphatic carbocycles. The highest BCUT2D eigenvalue weighted by Gasteiger charge is 2.30.